The molecule has 3 heterocycles. The van der Waals surface area contributed by atoms with E-state index in [0.717, 1.165) is 11.0 Å². The van der Waals surface area contributed by atoms with Crippen LogP contribution in [-0.2, 0) is 13.1 Å². The summed E-state index contributed by atoms with van der Waals surface area (Å²) in [6.45, 7) is 2.38. The number of nitriles is 1. The summed E-state index contributed by atoms with van der Waals surface area (Å²) in [5.41, 5.74) is 2.93. The molecule has 1 atom stereocenters. The highest BCUT2D eigenvalue weighted by atomic mass is 16.3. The van der Waals surface area contributed by atoms with Crippen LogP contribution in [0.25, 0.3) is 16.7 Å². The van der Waals surface area contributed by atoms with Gasteiger partial charge in [-0.25, -0.2) is 4.98 Å². The highest BCUT2D eigenvalue weighted by Gasteiger charge is 2.19. The number of aliphatic hydroxyl groups excluding tert-OH is 1. The van der Waals surface area contributed by atoms with Crippen LogP contribution < -0.4 is 5.56 Å². The van der Waals surface area contributed by atoms with Gasteiger partial charge in [0.15, 0.2) is 0 Å². The Labute approximate surface area is 149 Å². The highest BCUT2D eigenvalue weighted by molar-refractivity contribution is 5.84. The van der Waals surface area contributed by atoms with E-state index in [9.17, 15) is 15.2 Å². The fraction of sp³-hybridized carbons (Fsp3) is 0.211. The summed E-state index contributed by atoms with van der Waals surface area (Å²) in [6.07, 6.45) is 4.38. The van der Waals surface area contributed by atoms with E-state index < -0.39 is 6.10 Å². The van der Waals surface area contributed by atoms with E-state index in [1.165, 1.54) is 6.07 Å². The van der Waals surface area contributed by atoms with Crippen LogP contribution >= 0.6 is 0 Å². The molecule has 1 N–H and O–H groups in total. The first kappa shape index (κ1) is 16.1. The van der Waals surface area contributed by atoms with E-state index >= 15 is 0 Å². The van der Waals surface area contributed by atoms with Gasteiger partial charge in [-0.05, 0) is 24.6 Å². The van der Waals surface area contributed by atoms with Crippen molar-refractivity contribution in [1.82, 2.24) is 18.5 Å². The molecule has 0 bridgehead atoms. The van der Waals surface area contributed by atoms with Gasteiger partial charge in [-0.2, -0.15) is 5.26 Å². The molecule has 0 spiro atoms. The lowest BCUT2D eigenvalue weighted by Gasteiger charge is -2.14. The Morgan fingerprint density at radius 3 is 2.73 bits per heavy atom. The number of para-hydroxylation sites is 2. The number of imidazole rings is 2. The van der Waals surface area contributed by atoms with E-state index in [-0.39, 0.29) is 12.1 Å². The second-order valence-electron chi connectivity index (χ2n) is 6.32. The van der Waals surface area contributed by atoms with Gasteiger partial charge in [-0.15, -0.1) is 0 Å². The minimum absolute atomic E-state index is 0.185. The lowest BCUT2D eigenvalue weighted by atomic mass is 10.1. The highest BCUT2D eigenvalue weighted by Crippen LogP contribution is 2.24. The second kappa shape index (κ2) is 6.17. The Morgan fingerprint density at radius 2 is 2.04 bits per heavy atom. The first-order valence-electron chi connectivity index (χ1n) is 8.27. The molecule has 26 heavy (non-hydrogen) atoms. The number of benzene rings is 1. The van der Waals surface area contributed by atoms with Gasteiger partial charge in [-0.3, -0.25) is 9.20 Å². The fourth-order valence-corrected chi connectivity index (χ4v) is 3.43. The van der Waals surface area contributed by atoms with Gasteiger partial charge in [-0.1, -0.05) is 12.1 Å². The number of pyridine rings is 1. The molecular formula is C19H17N5O2. The zero-order valence-electron chi connectivity index (χ0n) is 14.2. The van der Waals surface area contributed by atoms with Crippen LogP contribution in [0.2, 0.25) is 0 Å². The summed E-state index contributed by atoms with van der Waals surface area (Å²) in [5, 5.41) is 20.2. The van der Waals surface area contributed by atoms with Crippen molar-refractivity contribution in [3.8, 4) is 6.07 Å². The summed E-state index contributed by atoms with van der Waals surface area (Å²) in [4.78, 5) is 16.6. The van der Waals surface area contributed by atoms with Crippen molar-refractivity contribution >= 4 is 16.7 Å². The standard InChI is InChI=1S/C19H17N5O2/c1-13-8-18(26)24-17-5-3-2-4-16(17)23(19(24)15(13)9-20)11-14(25)10-22-7-6-21-12-22/h2-8,12,14,25H,10-11H2,1H3. The molecule has 0 amide bonds. The molecule has 4 rings (SSSR count). The monoisotopic (exact) mass is 347 g/mol. The van der Waals surface area contributed by atoms with Gasteiger partial charge in [0, 0.05) is 18.5 Å². The van der Waals surface area contributed by atoms with E-state index in [4.69, 9.17) is 0 Å². The van der Waals surface area contributed by atoms with E-state index in [2.05, 4.69) is 11.1 Å². The van der Waals surface area contributed by atoms with E-state index in [1.54, 1.807) is 34.6 Å². The Kier molecular flexibility index (Phi) is 3.82. The molecule has 0 aliphatic carbocycles. The molecule has 7 heteroatoms. The van der Waals surface area contributed by atoms with E-state index in [1.807, 2.05) is 28.8 Å². The van der Waals surface area contributed by atoms with Crippen molar-refractivity contribution in [2.24, 2.45) is 0 Å². The Hall–Kier alpha value is -3.37. The normalized spacial score (nSPS) is 12.5. The molecule has 1 aromatic carbocycles. The number of aromatic nitrogens is 4. The Balaban J connectivity index is 1.94. The topological polar surface area (TPSA) is 88.2 Å². The molecule has 3 aromatic heterocycles. The van der Waals surface area contributed by atoms with Crippen molar-refractivity contribution in [2.45, 2.75) is 26.1 Å². The molecule has 0 saturated heterocycles. The predicted molar refractivity (Wildman–Crippen MR) is 96.8 cm³/mol. The second-order valence-corrected chi connectivity index (χ2v) is 6.32. The number of nitrogens with zero attached hydrogens (tertiary/aromatic N) is 5. The number of rotatable bonds is 4. The van der Waals surface area contributed by atoms with Crippen molar-refractivity contribution < 1.29 is 5.11 Å². The Bertz CT molecular complexity index is 1190. The lowest BCUT2D eigenvalue weighted by Crippen LogP contribution is -2.23. The van der Waals surface area contributed by atoms with Crippen molar-refractivity contribution in [1.29, 1.82) is 5.26 Å². The maximum atomic E-state index is 12.6. The van der Waals surface area contributed by atoms with Crippen LogP contribution in [-0.4, -0.2) is 29.7 Å². The van der Waals surface area contributed by atoms with Gasteiger partial charge in [0.2, 0.25) is 0 Å². The van der Waals surface area contributed by atoms with Crippen LogP contribution in [0.3, 0.4) is 0 Å². The fourth-order valence-electron chi connectivity index (χ4n) is 3.43. The largest absolute Gasteiger partial charge is 0.389 e. The number of aliphatic hydroxyl groups is 1. The molecule has 0 aliphatic heterocycles. The molecule has 0 fully saturated rings. The van der Waals surface area contributed by atoms with Gasteiger partial charge in [0.05, 0.1) is 42.1 Å². The van der Waals surface area contributed by atoms with Gasteiger partial charge in [0.1, 0.15) is 11.7 Å². The third-order valence-electron chi connectivity index (χ3n) is 4.55. The summed E-state index contributed by atoms with van der Waals surface area (Å²) in [7, 11) is 0. The average Bonchev–Trinajstić information content (AvgIpc) is 3.22. The van der Waals surface area contributed by atoms with E-state index in [0.29, 0.717) is 23.3 Å². The maximum Gasteiger partial charge on any atom is 0.257 e. The molecule has 0 aliphatic rings. The van der Waals surface area contributed by atoms with Crippen LogP contribution in [0.4, 0.5) is 0 Å². The SMILES string of the molecule is Cc1cc(=O)n2c3ccccc3n(CC(O)Cn3ccnc3)c2c1C#N. The molecule has 130 valence electrons. The van der Waals surface area contributed by atoms with Crippen molar-refractivity contribution in [2.75, 3.05) is 0 Å². The first-order chi connectivity index (χ1) is 12.6. The van der Waals surface area contributed by atoms with Gasteiger partial charge >= 0.3 is 0 Å². The molecule has 0 radical (unpaired) electrons. The zero-order valence-corrected chi connectivity index (χ0v) is 14.2. The quantitative estimate of drug-likeness (QED) is 0.608. The molecule has 1 unspecified atom stereocenters. The van der Waals surface area contributed by atoms with Gasteiger partial charge in [0.25, 0.3) is 5.56 Å². The zero-order chi connectivity index (χ0) is 18.3. The first-order valence-corrected chi connectivity index (χ1v) is 8.27. The Morgan fingerprint density at radius 1 is 1.27 bits per heavy atom. The van der Waals surface area contributed by atoms with Crippen molar-refractivity contribution in [3.63, 3.8) is 0 Å². The summed E-state index contributed by atoms with van der Waals surface area (Å²) in [5.74, 6) is 0. The van der Waals surface area contributed by atoms with Crippen LogP contribution in [0.5, 0.6) is 0 Å². The number of hydrogen-bond acceptors (Lipinski definition) is 4. The number of fused-ring (bicyclic) bond motifs is 3. The molecule has 7 nitrogen and oxygen atoms in total. The van der Waals surface area contributed by atoms with Gasteiger partial charge < -0.3 is 14.2 Å². The molecule has 4 aromatic rings. The molecule has 0 saturated carbocycles. The van der Waals surface area contributed by atoms with Crippen molar-refractivity contribution in [3.05, 3.63) is 70.5 Å². The predicted octanol–water partition coefficient (Wildman–Crippen LogP) is 1.69. The average molecular weight is 347 g/mol. The smallest absolute Gasteiger partial charge is 0.257 e. The third-order valence-corrected chi connectivity index (χ3v) is 4.55. The van der Waals surface area contributed by atoms with Crippen LogP contribution in [0, 0.1) is 18.3 Å². The maximum absolute atomic E-state index is 12.6. The van der Waals surface area contributed by atoms with Crippen LogP contribution in [0.15, 0.2) is 53.8 Å². The summed E-state index contributed by atoms with van der Waals surface area (Å²) in [6, 6.07) is 11.2. The minimum atomic E-state index is -0.703. The van der Waals surface area contributed by atoms with Crippen LogP contribution in [0.1, 0.15) is 11.1 Å². The third kappa shape index (κ3) is 2.48. The lowest BCUT2D eigenvalue weighted by molar-refractivity contribution is 0.137. The summed E-state index contributed by atoms with van der Waals surface area (Å²) < 4.78 is 5.19. The number of aryl methyl sites for hydroxylation is 1. The molecular weight excluding hydrogens is 330 g/mol. The minimum Gasteiger partial charge on any atom is -0.389 e. The number of hydrogen-bond donors (Lipinski definition) is 1. The summed E-state index contributed by atoms with van der Waals surface area (Å²) >= 11 is 0.